The lowest BCUT2D eigenvalue weighted by atomic mass is 10.2. The highest BCUT2D eigenvalue weighted by Crippen LogP contribution is 2.21. The number of anilines is 1. The molecule has 1 aliphatic heterocycles. The summed E-state index contributed by atoms with van der Waals surface area (Å²) in [5.41, 5.74) is 1.46. The van der Waals surface area contributed by atoms with Crippen LogP contribution in [0.5, 0.6) is 5.75 Å². The second-order valence-corrected chi connectivity index (χ2v) is 6.44. The molecule has 1 saturated heterocycles. The third kappa shape index (κ3) is 7.27. The van der Waals surface area contributed by atoms with Crippen molar-refractivity contribution < 1.29 is 36.9 Å². The Labute approximate surface area is 170 Å². The predicted molar refractivity (Wildman–Crippen MR) is 100 cm³/mol. The lowest BCUT2D eigenvalue weighted by Gasteiger charge is -2.12. The van der Waals surface area contributed by atoms with Gasteiger partial charge in [0, 0.05) is 30.6 Å². The number of benzene rings is 1. The maximum Gasteiger partial charge on any atom is 0.387 e. The van der Waals surface area contributed by atoms with Gasteiger partial charge in [0.2, 0.25) is 5.82 Å². The first-order chi connectivity index (χ1) is 14.3. The quantitative estimate of drug-likeness (QED) is 0.684. The zero-order valence-corrected chi connectivity index (χ0v) is 16.2. The van der Waals surface area contributed by atoms with Crippen molar-refractivity contribution in [1.29, 1.82) is 0 Å². The Balaban J connectivity index is 0.000000232. The summed E-state index contributed by atoms with van der Waals surface area (Å²) in [7, 11) is 0. The Hall–Kier alpha value is -2.72. The first-order valence-electron chi connectivity index (χ1n) is 9.21. The van der Waals surface area contributed by atoms with E-state index in [-0.39, 0.29) is 24.7 Å². The molecule has 0 saturated carbocycles. The Bertz CT molecular complexity index is 838. The maximum absolute atomic E-state index is 12.5. The number of hydrogen-bond acceptors (Lipinski definition) is 5. The highest BCUT2D eigenvalue weighted by atomic mass is 19.3. The standard InChI is InChI=1S/C13H18N2O3.C7H4F4O/c1-9-2-3-12(18-9)13(17)15-11-4-6-14-10(8-11)5-7-16;8-4-2-1-3-5(6(4)9)12-7(10)11/h4,6,8-9,12,16H,2-3,5,7H2,1H3,(H,14,15,17);1-3,7H. The van der Waals surface area contributed by atoms with Crippen molar-refractivity contribution in [2.75, 3.05) is 11.9 Å². The van der Waals surface area contributed by atoms with Crippen LogP contribution < -0.4 is 10.1 Å². The number of carbonyl (C=O) groups is 1. The molecule has 1 fully saturated rings. The first-order valence-corrected chi connectivity index (χ1v) is 9.21. The van der Waals surface area contributed by atoms with Crippen LogP contribution in [0.25, 0.3) is 0 Å². The lowest BCUT2D eigenvalue weighted by Crippen LogP contribution is -2.27. The van der Waals surface area contributed by atoms with Gasteiger partial charge in [0.1, 0.15) is 6.10 Å². The van der Waals surface area contributed by atoms with Crippen LogP contribution >= 0.6 is 0 Å². The molecule has 10 heteroatoms. The zero-order valence-electron chi connectivity index (χ0n) is 16.2. The van der Waals surface area contributed by atoms with Gasteiger partial charge in [0.05, 0.1) is 6.10 Å². The highest BCUT2D eigenvalue weighted by molar-refractivity contribution is 5.94. The largest absolute Gasteiger partial charge is 0.432 e. The molecular formula is C20H22F4N2O4. The molecule has 6 nitrogen and oxygen atoms in total. The van der Waals surface area contributed by atoms with E-state index in [1.165, 1.54) is 0 Å². The Morgan fingerprint density at radius 3 is 2.73 bits per heavy atom. The number of aliphatic hydroxyl groups is 1. The number of amides is 1. The van der Waals surface area contributed by atoms with Gasteiger partial charge in [-0.15, -0.1) is 0 Å². The lowest BCUT2D eigenvalue weighted by molar-refractivity contribution is -0.126. The number of pyridine rings is 1. The molecular weight excluding hydrogens is 408 g/mol. The van der Waals surface area contributed by atoms with Gasteiger partial charge in [0.25, 0.3) is 5.91 Å². The molecule has 0 aliphatic carbocycles. The number of carbonyl (C=O) groups excluding carboxylic acids is 1. The molecule has 0 bridgehead atoms. The molecule has 1 aromatic carbocycles. The van der Waals surface area contributed by atoms with E-state index in [9.17, 15) is 22.4 Å². The normalized spacial score (nSPS) is 18.0. The second kappa shape index (κ2) is 11.5. The number of rotatable bonds is 6. The number of halogens is 4. The molecule has 164 valence electrons. The molecule has 30 heavy (non-hydrogen) atoms. The second-order valence-electron chi connectivity index (χ2n) is 6.44. The summed E-state index contributed by atoms with van der Waals surface area (Å²) in [6.07, 6.45) is 3.60. The monoisotopic (exact) mass is 430 g/mol. The van der Waals surface area contributed by atoms with Crippen molar-refractivity contribution in [1.82, 2.24) is 4.98 Å². The number of ether oxygens (including phenoxy) is 2. The van der Waals surface area contributed by atoms with Crippen LogP contribution in [0.4, 0.5) is 23.2 Å². The maximum atomic E-state index is 12.5. The molecule has 1 amide bonds. The van der Waals surface area contributed by atoms with Crippen molar-refractivity contribution in [3.8, 4) is 5.75 Å². The number of hydrogen-bond donors (Lipinski definition) is 2. The van der Waals surface area contributed by atoms with Crippen LogP contribution in [-0.2, 0) is 16.0 Å². The van der Waals surface area contributed by atoms with Gasteiger partial charge in [-0.3, -0.25) is 9.78 Å². The van der Waals surface area contributed by atoms with E-state index in [1.807, 2.05) is 6.92 Å². The summed E-state index contributed by atoms with van der Waals surface area (Å²) in [5, 5.41) is 11.7. The Morgan fingerprint density at radius 2 is 2.10 bits per heavy atom. The van der Waals surface area contributed by atoms with Crippen molar-refractivity contribution in [2.24, 2.45) is 0 Å². The highest BCUT2D eigenvalue weighted by Gasteiger charge is 2.28. The van der Waals surface area contributed by atoms with Crippen molar-refractivity contribution in [2.45, 2.75) is 45.0 Å². The van der Waals surface area contributed by atoms with Gasteiger partial charge in [0.15, 0.2) is 11.6 Å². The first kappa shape index (κ1) is 23.6. The summed E-state index contributed by atoms with van der Waals surface area (Å²) in [6.45, 7) is -1.13. The van der Waals surface area contributed by atoms with Gasteiger partial charge < -0.3 is 19.9 Å². The predicted octanol–water partition coefficient (Wildman–Crippen LogP) is 3.69. The summed E-state index contributed by atoms with van der Waals surface area (Å²) in [6, 6.07) is 6.32. The van der Waals surface area contributed by atoms with Crippen LogP contribution in [0.15, 0.2) is 36.5 Å². The SMILES string of the molecule is CC1CCC(C(=O)Nc2ccnc(CCO)c2)O1.Fc1cccc(OC(F)F)c1F. The molecule has 3 rings (SSSR count). The van der Waals surface area contributed by atoms with E-state index in [2.05, 4.69) is 15.0 Å². The smallest absolute Gasteiger partial charge is 0.387 e. The topological polar surface area (TPSA) is 80.7 Å². The molecule has 1 aliphatic rings. The number of alkyl halides is 2. The molecule has 0 radical (unpaired) electrons. The van der Waals surface area contributed by atoms with E-state index >= 15 is 0 Å². The number of nitrogens with zero attached hydrogens (tertiary/aromatic N) is 1. The summed E-state index contributed by atoms with van der Waals surface area (Å²) >= 11 is 0. The van der Waals surface area contributed by atoms with Gasteiger partial charge in [-0.1, -0.05) is 6.07 Å². The van der Waals surface area contributed by atoms with E-state index < -0.39 is 24.0 Å². The van der Waals surface area contributed by atoms with E-state index in [1.54, 1.807) is 18.3 Å². The van der Waals surface area contributed by atoms with Crippen molar-refractivity contribution in [3.05, 3.63) is 53.9 Å². The molecule has 2 atom stereocenters. The fourth-order valence-corrected chi connectivity index (χ4v) is 2.70. The number of aliphatic hydroxyl groups excluding tert-OH is 1. The molecule has 0 spiro atoms. The minimum absolute atomic E-state index is 0.0493. The molecule has 2 heterocycles. The number of aromatic nitrogens is 1. The fourth-order valence-electron chi connectivity index (χ4n) is 2.70. The molecule has 1 aromatic heterocycles. The van der Waals surface area contributed by atoms with Gasteiger partial charge >= 0.3 is 6.61 Å². The summed E-state index contributed by atoms with van der Waals surface area (Å²) in [5.74, 6) is -3.52. The minimum atomic E-state index is -3.15. The Kier molecular flexibility index (Phi) is 9.00. The van der Waals surface area contributed by atoms with Crippen LogP contribution in [0.1, 0.15) is 25.5 Å². The third-order valence-corrected chi connectivity index (χ3v) is 4.11. The fraction of sp³-hybridized carbons (Fsp3) is 0.400. The van der Waals surface area contributed by atoms with Crippen LogP contribution in [0.2, 0.25) is 0 Å². The molecule has 2 aromatic rings. The van der Waals surface area contributed by atoms with Crippen molar-refractivity contribution in [3.63, 3.8) is 0 Å². The molecule has 2 N–H and O–H groups in total. The van der Waals surface area contributed by atoms with Crippen LogP contribution in [0.3, 0.4) is 0 Å². The average molecular weight is 430 g/mol. The van der Waals surface area contributed by atoms with E-state index in [4.69, 9.17) is 9.84 Å². The van der Waals surface area contributed by atoms with Gasteiger partial charge in [-0.2, -0.15) is 13.2 Å². The van der Waals surface area contributed by atoms with E-state index in [0.717, 1.165) is 36.7 Å². The summed E-state index contributed by atoms with van der Waals surface area (Å²) in [4.78, 5) is 16.0. The molecule has 2 unspecified atom stereocenters. The zero-order chi connectivity index (χ0) is 22.1. The third-order valence-electron chi connectivity index (χ3n) is 4.11. The van der Waals surface area contributed by atoms with Crippen molar-refractivity contribution >= 4 is 11.6 Å². The van der Waals surface area contributed by atoms with Gasteiger partial charge in [-0.05, 0) is 44.0 Å². The Morgan fingerprint density at radius 1 is 1.33 bits per heavy atom. The minimum Gasteiger partial charge on any atom is -0.432 e. The van der Waals surface area contributed by atoms with Gasteiger partial charge in [-0.25, -0.2) is 4.39 Å². The average Bonchev–Trinajstić information content (AvgIpc) is 3.13. The van der Waals surface area contributed by atoms with Crippen LogP contribution in [0, 0.1) is 11.6 Å². The number of nitrogens with one attached hydrogen (secondary N) is 1. The van der Waals surface area contributed by atoms with Crippen LogP contribution in [-0.4, -0.2) is 41.4 Å². The summed E-state index contributed by atoms with van der Waals surface area (Å²) < 4.78 is 57.1. The van der Waals surface area contributed by atoms with E-state index in [0.29, 0.717) is 12.1 Å².